The zero-order valence-corrected chi connectivity index (χ0v) is 12.8. The maximum absolute atomic E-state index is 12.7. The topological polar surface area (TPSA) is 64.2 Å². The molecule has 1 aromatic rings. The van der Waals surface area contributed by atoms with Crippen LogP contribution in [0.3, 0.4) is 0 Å². The molecule has 0 amide bonds. The van der Waals surface area contributed by atoms with Crippen LogP contribution < -0.4 is 16.2 Å². The van der Waals surface area contributed by atoms with Crippen LogP contribution in [0.4, 0.5) is 5.82 Å². The highest BCUT2D eigenvalue weighted by Crippen LogP contribution is 2.24. The first-order valence-electron chi connectivity index (χ1n) is 7.50. The van der Waals surface area contributed by atoms with E-state index in [4.69, 9.17) is 5.73 Å². The van der Waals surface area contributed by atoms with Crippen molar-refractivity contribution in [3.05, 3.63) is 22.7 Å². The van der Waals surface area contributed by atoms with Gasteiger partial charge in [-0.25, -0.2) is 4.98 Å². The Bertz CT molecular complexity index is 503. The predicted molar refractivity (Wildman–Crippen MR) is 82.1 cm³/mol. The lowest BCUT2D eigenvalue weighted by Crippen LogP contribution is -2.40. The molecule has 0 bridgehead atoms. The number of rotatable bonds is 4. The minimum absolute atomic E-state index is 0.0136. The Morgan fingerprint density at radius 2 is 2.20 bits per heavy atom. The summed E-state index contributed by atoms with van der Waals surface area (Å²) in [4.78, 5) is 19.2. The van der Waals surface area contributed by atoms with Crippen LogP contribution in [0.1, 0.15) is 46.5 Å². The molecule has 1 unspecified atom stereocenters. The fourth-order valence-electron chi connectivity index (χ4n) is 2.89. The van der Waals surface area contributed by atoms with Crippen LogP contribution in [-0.2, 0) is 5.54 Å². The van der Waals surface area contributed by atoms with Gasteiger partial charge in [-0.2, -0.15) is 0 Å². The molecule has 0 aromatic carbocycles. The first-order valence-corrected chi connectivity index (χ1v) is 7.50. The van der Waals surface area contributed by atoms with Crippen LogP contribution in [0, 0.1) is 0 Å². The highest BCUT2D eigenvalue weighted by molar-refractivity contribution is 5.39. The Kier molecular flexibility index (Phi) is 4.48. The van der Waals surface area contributed by atoms with E-state index in [1.54, 1.807) is 17.0 Å². The van der Waals surface area contributed by atoms with E-state index in [0.717, 1.165) is 32.2 Å². The van der Waals surface area contributed by atoms with Gasteiger partial charge in [0.1, 0.15) is 0 Å². The van der Waals surface area contributed by atoms with Gasteiger partial charge in [-0.15, -0.1) is 0 Å². The third-order valence-electron chi connectivity index (χ3n) is 3.94. The van der Waals surface area contributed by atoms with Gasteiger partial charge in [-0.05, 0) is 53.0 Å². The fourth-order valence-corrected chi connectivity index (χ4v) is 2.89. The molecule has 1 saturated heterocycles. The number of hydrogen-bond donors (Lipinski definition) is 1. The van der Waals surface area contributed by atoms with Crippen LogP contribution in [0.2, 0.25) is 0 Å². The fraction of sp³-hybridized carbons (Fsp3) is 0.733. The quantitative estimate of drug-likeness (QED) is 0.910. The maximum Gasteiger partial charge on any atom is 0.293 e. The molecule has 2 heterocycles. The first-order chi connectivity index (χ1) is 9.45. The summed E-state index contributed by atoms with van der Waals surface area (Å²) in [5.74, 6) is 0.599. The van der Waals surface area contributed by atoms with Gasteiger partial charge in [-0.1, -0.05) is 0 Å². The van der Waals surface area contributed by atoms with Gasteiger partial charge in [-0.3, -0.25) is 4.79 Å². The van der Waals surface area contributed by atoms with Gasteiger partial charge in [0.15, 0.2) is 5.82 Å². The van der Waals surface area contributed by atoms with Crippen LogP contribution in [0.15, 0.2) is 17.2 Å². The molecule has 0 saturated carbocycles. The van der Waals surface area contributed by atoms with Crippen molar-refractivity contribution in [2.75, 3.05) is 18.0 Å². The molecule has 5 heteroatoms. The third-order valence-corrected chi connectivity index (χ3v) is 3.94. The average Bonchev–Trinajstić information content (AvgIpc) is 2.83. The molecule has 1 aliphatic rings. The molecule has 1 aromatic heterocycles. The molecule has 0 spiro atoms. The lowest BCUT2D eigenvalue weighted by atomic mass is 10.1. The monoisotopic (exact) mass is 278 g/mol. The van der Waals surface area contributed by atoms with Crippen LogP contribution >= 0.6 is 0 Å². The summed E-state index contributed by atoms with van der Waals surface area (Å²) >= 11 is 0. The molecule has 1 aliphatic heterocycles. The number of aromatic nitrogens is 2. The number of hydrogen-bond acceptors (Lipinski definition) is 4. The highest BCUT2D eigenvalue weighted by Gasteiger charge is 2.28. The Hall–Kier alpha value is -1.36. The lowest BCUT2D eigenvalue weighted by molar-refractivity contribution is 0.382. The van der Waals surface area contributed by atoms with E-state index < -0.39 is 0 Å². The van der Waals surface area contributed by atoms with E-state index in [1.807, 2.05) is 20.8 Å². The molecule has 5 nitrogen and oxygen atoms in total. The van der Waals surface area contributed by atoms with Crippen LogP contribution in [0.25, 0.3) is 0 Å². The maximum atomic E-state index is 12.7. The van der Waals surface area contributed by atoms with E-state index in [9.17, 15) is 4.79 Å². The summed E-state index contributed by atoms with van der Waals surface area (Å²) in [5, 5.41) is 0. The minimum atomic E-state index is -0.221. The van der Waals surface area contributed by atoms with E-state index in [1.165, 1.54) is 0 Å². The molecule has 1 fully saturated rings. The van der Waals surface area contributed by atoms with Gasteiger partial charge >= 0.3 is 0 Å². The minimum Gasteiger partial charge on any atom is -0.349 e. The Labute approximate surface area is 120 Å². The summed E-state index contributed by atoms with van der Waals surface area (Å²) in [5.41, 5.74) is 5.39. The van der Waals surface area contributed by atoms with Gasteiger partial charge in [0.05, 0.1) is 0 Å². The zero-order valence-electron chi connectivity index (χ0n) is 12.8. The second-order valence-electron chi connectivity index (χ2n) is 6.52. The number of nitrogens with two attached hydrogens (primary N) is 1. The predicted octanol–water partition coefficient (Wildman–Crippen LogP) is 1.71. The molecule has 20 heavy (non-hydrogen) atoms. The Morgan fingerprint density at radius 1 is 1.45 bits per heavy atom. The van der Waals surface area contributed by atoms with Gasteiger partial charge in [0.25, 0.3) is 5.56 Å². The van der Waals surface area contributed by atoms with Crippen LogP contribution in [-0.4, -0.2) is 28.7 Å². The second-order valence-corrected chi connectivity index (χ2v) is 6.52. The van der Waals surface area contributed by atoms with Crippen molar-refractivity contribution >= 4 is 5.82 Å². The smallest absolute Gasteiger partial charge is 0.293 e. The first kappa shape index (κ1) is 15.0. The van der Waals surface area contributed by atoms with Crippen molar-refractivity contribution < 1.29 is 0 Å². The van der Waals surface area contributed by atoms with Gasteiger partial charge in [0, 0.05) is 30.5 Å². The average molecular weight is 278 g/mol. The standard InChI is InChI=1S/C15H26N4O/c1-15(2,3)19-11-9-17-13(14(19)20)18-10-5-7-12(18)6-4-8-16/h9,11-12H,4-8,10,16H2,1-3H3. The van der Waals surface area contributed by atoms with E-state index in [0.29, 0.717) is 18.4 Å². The van der Waals surface area contributed by atoms with Crippen LogP contribution in [0.5, 0.6) is 0 Å². The molecule has 0 radical (unpaired) electrons. The molecule has 2 N–H and O–H groups in total. The molecule has 0 aliphatic carbocycles. The van der Waals surface area contributed by atoms with Crippen molar-refractivity contribution in [1.82, 2.24) is 9.55 Å². The SMILES string of the molecule is CC(C)(C)n1ccnc(N2CCCC2CCCN)c1=O. The summed E-state index contributed by atoms with van der Waals surface area (Å²) in [6, 6.07) is 0.412. The van der Waals surface area contributed by atoms with Gasteiger partial charge < -0.3 is 15.2 Å². The third kappa shape index (κ3) is 3.03. The molecule has 2 rings (SSSR count). The van der Waals surface area contributed by atoms with E-state index in [-0.39, 0.29) is 11.1 Å². The summed E-state index contributed by atoms with van der Waals surface area (Å²) < 4.78 is 1.77. The van der Waals surface area contributed by atoms with E-state index >= 15 is 0 Å². The highest BCUT2D eigenvalue weighted by atomic mass is 16.1. The van der Waals surface area contributed by atoms with Crippen molar-refractivity contribution in [2.45, 2.75) is 58.0 Å². The Balaban J connectivity index is 2.31. The van der Waals surface area contributed by atoms with Crippen molar-refractivity contribution in [1.29, 1.82) is 0 Å². The van der Waals surface area contributed by atoms with Gasteiger partial charge in [0.2, 0.25) is 0 Å². The largest absolute Gasteiger partial charge is 0.349 e. The van der Waals surface area contributed by atoms with Crippen molar-refractivity contribution in [3.63, 3.8) is 0 Å². The Morgan fingerprint density at radius 3 is 2.85 bits per heavy atom. The zero-order chi connectivity index (χ0) is 14.8. The molecule has 112 valence electrons. The number of nitrogens with zero attached hydrogens (tertiary/aromatic N) is 3. The van der Waals surface area contributed by atoms with Crippen molar-refractivity contribution in [3.8, 4) is 0 Å². The normalized spacial score (nSPS) is 19.6. The molecular weight excluding hydrogens is 252 g/mol. The van der Waals surface area contributed by atoms with E-state index in [2.05, 4.69) is 9.88 Å². The number of anilines is 1. The molecular formula is C15H26N4O. The second kappa shape index (κ2) is 5.95. The molecule has 1 atom stereocenters. The lowest BCUT2D eigenvalue weighted by Gasteiger charge is -2.28. The summed E-state index contributed by atoms with van der Waals surface area (Å²) in [7, 11) is 0. The van der Waals surface area contributed by atoms with Crippen molar-refractivity contribution in [2.24, 2.45) is 5.73 Å². The summed E-state index contributed by atoms with van der Waals surface area (Å²) in [6.45, 7) is 7.74. The summed E-state index contributed by atoms with van der Waals surface area (Å²) in [6.07, 6.45) is 7.81.